The predicted octanol–water partition coefficient (Wildman–Crippen LogP) is 1.36. The van der Waals surface area contributed by atoms with Gasteiger partial charge in [-0.15, -0.1) is 0 Å². The van der Waals surface area contributed by atoms with E-state index in [1.54, 1.807) is 6.92 Å². The fourth-order valence-electron chi connectivity index (χ4n) is 1.67. The van der Waals surface area contributed by atoms with Gasteiger partial charge in [-0.25, -0.2) is 9.59 Å². The molecule has 1 rings (SSSR count). The van der Waals surface area contributed by atoms with Gasteiger partial charge in [0.15, 0.2) is 0 Å². The van der Waals surface area contributed by atoms with E-state index in [0.717, 1.165) is 4.57 Å². The number of carbonyl (C=O) groups excluding carboxylic acids is 1. The molecular weight excluding hydrogens is 226 g/mol. The number of hydrogen-bond donors (Lipinski definition) is 1. The number of nitrogens with zero attached hydrogens (tertiary/aromatic N) is 1. The van der Waals surface area contributed by atoms with E-state index in [1.165, 1.54) is 6.92 Å². The third-order valence-corrected chi connectivity index (χ3v) is 2.48. The monoisotopic (exact) mass is 243 g/mol. The van der Waals surface area contributed by atoms with E-state index < -0.39 is 23.7 Å². The lowest BCUT2D eigenvalue weighted by atomic mass is 10.1. The van der Waals surface area contributed by atoms with Crippen LogP contribution in [0.25, 0.3) is 0 Å². The van der Waals surface area contributed by atoms with Crippen molar-refractivity contribution in [3.8, 4) is 5.95 Å². The highest BCUT2D eigenvalue weighted by atomic mass is 16.5. The third-order valence-electron chi connectivity index (χ3n) is 2.48. The number of hydrogen-bond acceptors (Lipinski definition) is 5. The Morgan fingerprint density at radius 1 is 1.53 bits per heavy atom. The molecule has 6 nitrogen and oxygen atoms in total. The summed E-state index contributed by atoms with van der Waals surface area (Å²) in [5.41, 5.74) is 0.238. The highest BCUT2D eigenvalue weighted by Gasteiger charge is 2.27. The van der Waals surface area contributed by atoms with Crippen LogP contribution in [0.2, 0.25) is 0 Å². The van der Waals surface area contributed by atoms with Gasteiger partial charge in [-0.05, 0) is 20.3 Å². The minimum atomic E-state index is -0.744. The second-order valence-corrected chi connectivity index (χ2v) is 3.69. The van der Waals surface area contributed by atoms with Crippen molar-refractivity contribution < 1.29 is 19.1 Å². The van der Waals surface area contributed by atoms with Crippen LogP contribution >= 0.6 is 0 Å². The number of aromatic nitrogens is 1. The first kappa shape index (κ1) is 13.3. The van der Waals surface area contributed by atoms with Crippen molar-refractivity contribution in [1.29, 1.82) is 0 Å². The molecule has 1 aromatic rings. The molecule has 0 radical (unpaired) electrons. The van der Waals surface area contributed by atoms with Gasteiger partial charge < -0.3 is 14.3 Å². The SMILES string of the molecule is CCCC(C(=O)OCC)n1c(C)c(O)oc1=O. The van der Waals surface area contributed by atoms with E-state index >= 15 is 0 Å². The van der Waals surface area contributed by atoms with E-state index in [0.29, 0.717) is 12.8 Å². The number of rotatable bonds is 5. The lowest BCUT2D eigenvalue weighted by Crippen LogP contribution is -2.29. The maximum absolute atomic E-state index is 11.7. The third kappa shape index (κ3) is 2.69. The summed E-state index contributed by atoms with van der Waals surface area (Å²) in [6.45, 7) is 5.36. The van der Waals surface area contributed by atoms with Gasteiger partial charge in [0, 0.05) is 0 Å². The smallest absolute Gasteiger partial charge is 0.422 e. The van der Waals surface area contributed by atoms with Crippen LogP contribution in [0.4, 0.5) is 0 Å². The molecule has 0 bridgehead atoms. The fourth-order valence-corrected chi connectivity index (χ4v) is 1.67. The minimum Gasteiger partial charge on any atom is -0.479 e. The van der Waals surface area contributed by atoms with Crippen LogP contribution in [0.15, 0.2) is 9.21 Å². The molecule has 0 fully saturated rings. The summed E-state index contributed by atoms with van der Waals surface area (Å²) in [6.07, 6.45) is 1.17. The second-order valence-electron chi connectivity index (χ2n) is 3.69. The molecule has 0 saturated heterocycles. The van der Waals surface area contributed by atoms with Gasteiger partial charge in [-0.2, -0.15) is 0 Å². The van der Waals surface area contributed by atoms with E-state index in [-0.39, 0.29) is 12.3 Å². The summed E-state index contributed by atoms with van der Waals surface area (Å²) >= 11 is 0. The zero-order chi connectivity index (χ0) is 13.0. The van der Waals surface area contributed by atoms with Crippen LogP contribution in [0, 0.1) is 6.92 Å². The Kier molecular flexibility index (Phi) is 4.37. The summed E-state index contributed by atoms with van der Waals surface area (Å²) in [5, 5.41) is 9.31. The Morgan fingerprint density at radius 3 is 2.59 bits per heavy atom. The molecule has 0 aliphatic rings. The van der Waals surface area contributed by atoms with Gasteiger partial charge in [0.1, 0.15) is 11.7 Å². The van der Waals surface area contributed by atoms with E-state index in [9.17, 15) is 14.7 Å². The van der Waals surface area contributed by atoms with E-state index in [1.807, 2.05) is 6.92 Å². The molecule has 0 aromatic carbocycles. The highest BCUT2D eigenvalue weighted by Crippen LogP contribution is 2.21. The number of ether oxygens (including phenoxy) is 1. The number of esters is 1. The molecule has 0 amide bonds. The molecular formula is C11H17NO5. The van der Waals surface area contributed by atoms with Crippen molar-refractivity contribution in [2.75, 3.05) is 6.61 Å². The van der Waals surface area contributed by atoms with E-state index in [2.05, 4.69) is 4.42 Å². The van der Waals surface area contributed by atoms with Gasteiger partial charge in [0.2, 0.25) is 0 Å². The van der Waals surface area contributed by atoms with Crippen molar-refractivity contribution >= 4 is 5.97 Å². The van der Waals surface area contributed by atoms with Gasteiger partial charge in [-0.1, -0.05) is 13.3 Å². The summed E-state index contributed by atoms with van der Waals surface area (Å²) in [6, 6.07) is -0.739. The lowest BCUT2D eigenvalue weighted by molar-refractivity contribution is -0.147. The van der Waals surface area contributed by atoms with Crippen molar-refractivity contribution in [3.05, 3.63) is 16.2 Å². The van der Waals surface area contributed by atoms with Gasteiger partial charge in [0.25, 0.3) is 0 Å². The molecule has 0 aliphatic carbocycles. The molecule has 0 spiro atoms. The second kappa shape index (κ2) is 5.56. The fraction of sp³-hybridized carbons (Fsp3) is 0.636. The quantitative estimate of drug-likeness (QED) is 0.789. The summed E-state index contributed by atoms with van der Waals surface area (Å²) in [4.78, 5) is 23.3. The maximum Gasteiger partial charge on any atom is 0.422 e. The zero-order valence-electron chi connectivity index (χ0n) is 10.2. The molecule has 6 heteroatoms. The van der Waals surface area contributed by atoms with Gasteiger partial charge >= 0.3 is 17.7 Å². The van der Waals surface area contributed by atoms with Gasteiger partial charge in [-0.3, -0.25) is 4.57 Å². The summed E-state index contributed by atoms with van der Waals surface area (Å²) in [5.74, 6) is -1.69. The van der Waals surface area contributed by atoms with Crippen molar-refractivity contribution in [2.45, 2.75) is 39.7 Å². The van der Waals surface area contributed by atoms with Gasteiger partial charge in [0.05, 0.1) is 6.61 Å². The Labute approximate surface area is 98.8 Å². The van der Waals surface area contributed by atoms with E-state index in [4.69, 9.17) is 4.74 Å². The van der Waals surface area contributed by atoms with Crippen LogP contribution in [0.1, 0.15) is 38.4 Å². The summed E-state index contributed by atoms with van der Waals surface area (Å²) in [7, 11) is 0. The van der Waals surface area contributed by atoms with Crippen molar-refractivity contribution in [1.82, 2.24) is 4.57 Å². The zero-order valence-corrected chi connectivity index (χ0v) is 10.2. The molecule has 96 valence electrons. The number of aromatic hydroxyl groups is 1. The molecule has 0 saturated carbocycles. The molecule has 1 unspecified atom stereocenters. The Balaban J connectivity index is 3.13. The number of oxazole rings is 1. The molecule has 1 heterocycles. The van der Waals surface area contributed by atoms with Crippen LogP contribution in [-0.2, 0) is 9.53 Å². The van der Waals surface area contributed by atoms with Crippen LogP contribution in [-0.4, -0.2) is 22.2 Å². The highest BCUT2D eigenvalue weighted by molar-refractivity contribution is 5.74. The standard InChI is InChI=1S/C11H17NO5/c1-4-6-8(10(14)16-5-2)12-7(3)9(13)17-11(12)15/h8,13H,4-6H2,1-3H3. The first-order chi connectivity index (χ1) is 8.02. The topological polar surface area (TPSA) is 81.7 Å². The normalized spacial score (nSPS) is 12.4. The molecule has 1 atom stereocenters. The summed E-state index contributed by atoms with van der Waals surface area (Å²) < 4.78 is 10.6. The number of carbonyl (C=O) groups is 1. The van der Waals surface area contributed by atoms with Crippen LogP contribution in [0.5, 0.6) is 5.95 Å². The van der Waals surface area contributed by atoms with Crippen molar-refractivity contribution in [3.63, 3.8) is 0 Å². The van der Waals surface area contributed by atoms with Crippen molar-refractivity contribution in [2.24, 2.45) is 0 Å². The average Bonchev–Trinajstić information content (AvgIpc) is 2.51. The first-order valence-electron chi connectivity index (χ1n) is 5.60. The Morgan fingerprint density at radius 2 is 2.18 bits per heavy atom. The molecule has 1 aromatic heterocycles. The largest absolute Gasteiger partial charge is 0.479 e. The predicted molar refractivity (Wildman–Crippen MR) is 59.9 cm³/mol. The average molecular weight is 243 g/mol. The molecule has 1 N–H and O–H groups in total. The molecule has 17 heavy (non-hydrogen) atoms. The van der Waals surface area contributed by atoms with Crippen LogP contribution < -0.4 is 5.76 Å². The maximum atomic E-state index is 11.7. The minimum absolute atomic E-state index is 0.238. The molecule has 0 aliphatic heterocycles. The Hall–Kier alpha value is -1.72. The lowest BCUT2D eigenvalue weighted by Gasteiger charge is -2.15. The van der Waals surface area contributed by atoms with Crippen LogP contribution in [0.3, 0.4) is 0 Å². The first-order valence-corrected chi connectivity index (χ1v) is 5.60. The Bertz CT molecular complexity index is 445.